The van der Waals surface area contributed by atoms with Gasteiger partial charge in [0.1, 0.15) is 53.8 Å². The molecule has 11 atom stereocenters. The van der Waals surface area contributed by atoms with Gasteiger partial charge in [-0.05, 0) is 36.0 Å². The Kier molecular flexibility index (Phi) is 13.0. The van der Waals surface area contributed by atoms with Gasteiger partial charge in [0, 0.05) is 18.8 Å². The minimum atomic E-state index is -1.65. The maximum Gasteiger partial charge on any atom is 0.342 e. The summed E-state index contributed by atoms with van der Waals surface area (Å²) >= 11 is 0. The molecular weight excluding hydrogens is 614 g/mol. The van der Waals surface area contributed by atoms with E-state index < -0.39 is 67.7 Å². The Balaban J connectivity index is 1.53. The minimum Gasteiger partial charge on any atom is -0.507 e. The highest BCUT2D eigenvalue weighted by molar-refractivity contribution is 5.95. The molecule has 13 heteroatoms. The molecule has 0 radical (unpaired) electrons. The summed E-state index contributed by atoms with van der Waals surface area (Å²) in [6, 6.07) is 3.63. The predicted molar refractivity (Wildman–Crippen MR) is 168 cm³/mol. The number of cyclic esters (lactones) is 1. The van der Waals surface area contributed by atoms with Crippen LogP contribution in [-0.4, -0.2) is 108 Å². The Morgan fingerprint density at radius 3 is 2.47 bits per heavy atom. The number of fused-ring (bicyclic) bond motifs is 1. The van der Waals surface area contributed by atoms with Crippen LogP contribution in [0.2, 0.25) is 0 Å². The molecule has 1 saturated heterocycles. The van der Waals surface area contributed by atoms with Gasteiger partial charge in [0.2, 0.25) is 0 Å². The van der Waals surface area contributed by atoms with Gasteiger partial charge >= 0.3 is 5.97 Å². The van der Waals surface area contributed by atoms with Gasteiger partial charge in [-0.3, -0.25) is 0 Å². The molecule has 2 aromatic rings. The predicted octanol–water partition coefficient (Wildman–Crippen LogP) is 1.65. The summed E-state index contributed by atoms with van der Waals surface area (Å²) in [5.74, 6) is -0.562. The van der Waals surface area contributed by atoms with Gasteiger partial charge in [-0.1, -0.05) is 52.3 Å². The standard InChI is InChI=1S/C34H49NO12/c1-5-17(3)11-20-8-7-19-12-23(45-33(43)28(19)29(20)39)13-22(46-34-32(42)31(41)30(40)26(15-36)47-34)10-9-21-16-44-27(35-21)14-25(38)18(4)24(37)6-2/h7-10,16-18,22-26,30-32,34,36-42H,5-6,11-15H2,1-4H3/t17-,18+,22-,23-,24+,25-,26+,30+,31-,32+,34+/m0/s1. The van der Waals surface area contributed by atoms with Crippen LogP contribution in [-0.2, 0) is 33.5 Å². The number of nitrogens with zero attached hydrogens (tertiary/aromatic N) is 1. The molecule has 0 bridgehead atoms. The molecule has 3 heterocycles. The molecule has 1 aromatic heterocycles. The van der Waals surface area contributed by atoms with E-state index in [9.17, 15) is 40.5 Å². The summed E-state index contributed by atoms with van der Waals surface area (Å²) in [7, 11) is 0. The maximum absolute atomic E-state index is 13.1. The molecule has 1 aromatic carbocycles. The fourth-order valence-corrected chi connectivity index (χ4v) is 5.87. The van der Waals surface area contributed by atoms with Gasteiger partial charge in [0.05, 0.1) is 31.3 Å². The summed E-state index contributed by atoms with van der Waals surface area (Å²) < 4.78 is 22.8. The van der Waals surface area contributed by atoms with Crippen molar-refractivity contribution in [3.8, 4) is 5.75 Å². The molecule has 2 aliphatic heterocycles. The number of rotatable bonds is 15. The van der Waals surface area contributed by atoms with E-state index in [1.807, 2.05) is 19.1 Å². The molecule has 0 spiro atoms. The summed E-state index contributed by atoms with van der Waals surface area (Å²) in [6.45, 7) is 7.06. The van der Waals surface area contributed by atoms with E-state index in [0.717, 1.165) is 6.42 Å². The van der Waals surface area contributed by atoms with Crippen molar-refractivity contribution in [3.63, 3.8) is 0 Å². The third kappa shape index (κ3) is 8.98. The molecule has 47 heavy (non-hydrogen) atoms. The monoisotopic (exact) mass is 663 g/mol. The van der Waals surface area contributed by atoms with Crippen LogP contribution >= 0.6 is 0 Å². The molecule has 262 valence electrons. The zero-order chi connectivity index (χ0) is 34.4. The first-order valence-corrected chi connectivity index (χ1v) is 16.4. The smallest absolute Gasteiger partial charge is 0.342 e. The van der Waals surface area contributed by atoms with Crippen LogP contribution in [0.1, 0.15) is 80.0 Å². The third-order valence-corrected chi connectivity index (χ3v) is 9.26. The Morgan fingerprint density at radius 2 is 1.79 bits per heavy atom. The number of phenols is 1. The van der Waals surface area contributed by atoms with Crippen molar-refractivity contribution >= 4 is 12.0 Å². The number of aromatic nitrogens is 1. The van der Waals surface area contributed by atoms with E-state index in [1.54, 1.807) is 19.1 Å². The number of ether oxygens (including phenoxy) is 3. The number of esters is 1. The van der Waals surface area contributed by atoms with Crippen LogP contribution in [0.4, 0.5) is 0 Å². The SMILES string of the molecule is CC[C@H](C)Cc1ccc2c(c1O)C(=O)O[C@H](C[C@H](C=Cc1coc(C[C@H](O)[C@H](C)[C@H](O)CC)n1)O[C@@H]1O[C@H](CO)[C@@H](O)[C@H](O)[C@H]1O)C2. The van der Waals surface area contributed by atoms with Crippen molar-refractivity contribution in [1.82, 2.24) is 4.98 Å². The van der Waals surface area contributed by atoms with Crippen LogP contribution in [0, 0.1) is 11.8 Å². The van der Waals surface area contributed by atoms with Crippen LogP contribution < -0.4 is 0 Å². The van der Waals surface area contributed by atoms with Gasteiger partial charge < -0.3 is 54.4 Å². The molecule has 7 N–H and O–H groups in total. The molecule has 0 aliphatic carbocycles. The van der Waals surface area contributed by atoms with Gasteiger partial charge in [0.25, 0.3) is 0 Å². The normalized spacial score (nSPS) is 28.0. The maximum atomic E-state index is 13.1. The zero-order valence-electron chi connectivity index (χ0n) is 27.3. The highest BCUT2D eigenvalue weighted by Crippen LogP contribution is 2.35. The number of hydrogen-bond donors (Lipinski definition) is 7. The largest absolute Gasteiger partial charge is 0.507 e. The second kappa shape index (κ2) is 16.5. The summed E-state index contributed by atoms with van der Waals surface area (Å²) in [5.41, 5.74) is 1.82. The van der Waals surface area contributed by atoms with E-state index in [4.69, 9.17) is 18.6 Å². The first kappa shape index (κ1) is 36.9. The molecular formula is C34H49NO12. The topological polar surface area (TPSA) is 212 Å². The molecule has 2 aliphatic rings. The molecule has 1 fully saturated rings. The fraction of sp³-hybridized carbons (Fsp3) is 0.647. The lowest BCUT2D eigenvalue weighted by atomic mass is 9.90. The van der Waals surface area contributed by atoms with Gasteiger partial charge in [-0.2, -0.15) is 0 Å². The van der Waals surface area contributed by atoms with Crippen molar-refractivity contribution < 1.29 is 59.2 Å². The Bertz CT molecular complexity index is 1340. The lowest BCUT2D eigenvalue weighted by molar-refractivity contribution is -0.308. The van der Waals surface area contributed by atoms with E-state index in [1.165, 1.54) is 6.26 Å². The molecule has 0 amide bonds. The Hall–Kier alpha value is -2.88. The average Bonchev–Trinajstić information content (AvgIpc) is 3.50. The average molecular weight is 664 g/mol. The zero-order valence-corrected chi connectivity index (χ0v) is 27.3. The number of aliphatic hydroxyl groups is 6. The van der Waals surface area contributed by atoms with Crippen molar-refractivity contribution in [1.29, 1.82) is 0 Å². The second-order valence-electron chi connectivity index (χ2n) is 12.8. The van der Waals surface area contributed by atoms with Gasteiger partial charge in [0.15, 0.2) is 12.2 Å². The lowest BCUT2D eigenvalue weighted by Crippen LogP contribution is -2.59. The van der Waals surface area contributed by atoms with E-state index >= 15 is 0 Å². The van der Waals surface area contributed by atoms with Crippen LogP contribution in [0.3, 0.4) is 0 Å². The Labute approximate surface area is 274 Å². The number of aliphatic hydroxyl groups excluding tert-OH is 6. The van der Waals surface area contributed by atoms with E-state index in [2.05, 4.69) is 18.8 Å². The van der Waals surface area contributed by atoms with Crippen LogP contribution in [0.25, 0.3) is 6.08 Å². The summed E-state index contributed by atoms with van der Waals surface area (Å²) in [4.78, 5) is 17.5. The van der Waals surface area contributed by atoms with E-state index in [0.29, 0.717) is 35.6 Å². The highest BCUT2D eigenvalue weighted by atomic mass is 16.7. The Morgan fingerprint density at radius 1 is 1.04 bits per heavy atom. The lowest BCUT2D eigenvalue weighted by Gasteiger charge is -2.41. The van der Waals surface area contributed by atoms with Crippen LogP contribution in [0.15, 0.2) is 28.9 Å². The van der Waals surface area contributed by atoms with Gasteiger partial charge in [-0.15, -0.1) is 0 Å². The third-order valence-electron chi connectivity index (χ3n) is 9.26. The first-order chi connectivity index (χ1) is 22.4. The number of carbonyl (C=O) groups excluding carboxylic acids is 1. The van der Waals surface area contributed by atoms with Crippen LogP contribution in [0.5, 0.6) is 5.75 Å². The quantitative estimate of drug-likeness (QED) is 0.135. The van der Waals surface area contributed by atoms with Gasteiger partial charge in [-0.25, -0.2) is 9.78 Å². The number of carbonyl (C=O) groups is 1. The fourth-order valence-electron chi connectivity index (χ4n) is 5.87. The number of hydrogen-bond acceptors (Lipinski definition) is 13. The van der Waals surface area contributed by atoms with Crippen molar-refractivity contribution in [2.75, 3.05) is 6.61 Å². The highest BCUT2D eigenvalue weighted by Gasteiger charge is 2.45. The number of aromatic hydroxyl groups is 1. The van der Waals surface area contributed by atoms with Crippen molar-refractivity contribution in [2.24, 2.45) is 11.8 Å². The first-order valence-electron chi connectivity index (χ1n) is 16.4. The summed E-state index contributed by atoms with van der Waals surface area (Å²) in [6.07, 6.45) is -3.67. The van der Waals surface area contributed by atoms with Crippen molar-refractivity contribution in [3.05, 3.63) is 52.7 Å². The molecule has 13 nitrogen and oxygen atoms in total. The minimum absolute atomic E-state index is 0.0714. The number of benzene rings is 1. The molecule has 0 unspecified atom stereocenters. The number of phenolic OH excluding ortho intramolecular Hbond substituents is 1. The summed E-state index contributed by atoms with van der Waals surface area (Å²) in [5, 5.41) is 72.2. The molecule has 0 saturated carbocycles. The second-order valence-corrected chi connectivity index (χ2v) is 12.8. The van der Waals surface area contributed by atoms with Crippen molar-refractivity contribution in [2.45, 2.75) is 121 Å². The molecule has 4 rings (SSSR count). The number of oxazole rings is 1. The van der Waals surface area contributed by atoms with E-state index in [-0.39, 0.29) is 42.4 Å².